The fourth-order valence-electron chi connectivity index (χ4n) is 3.17. The Hall–Kier alpha value is -2.47. The molecule has 4 rings (SSSR count). The number of aromatic nitrogens is 2. The van der Waals surface area contributed by atoms with E-state index in [1.165, 1.54) is 11.3 Å². The average Bonchev–Trinajstić information content (AvgIpc) is 3.08. The van der Waals surface area contributed by atoms with E-state index >= 15 is 0 Å². The summed E-state index contributed by atoms with van der Waals surface area (Å²) in [6.07, 6.45) is 0.953. The fraction of sp³-hybridized carbons (Fsp3) is 0.235. The molecule has 1 N–H and O–H groups in total. The van der Waals surface area contributed by atoms with Gasteiger partial charge in [0.2, 0.25) is 0 Å². The van der Waals surface area contributed by atoms with Gasteiger partial charge in [-0.05, 0) is 18.6 Å². The standard InChI is InChI=1S/C17H14N2O3S/c1-22-10-2-3-11-12(6-10)19-13-4-9(14-7-23-8-18-14)5-15(20)16(13)17(11)21/h2-3,6-9H,4-5H2,1H3,(H,19,21). The third-order valence-corrected chi connectivity index (χ3v) is 4.92. The van der Waals surface area contributed by atoms with Crippen molar-refractivity contribution in [1.29, 1.82) is 0 Å². The van der Waals surface area contributed by atoms with Gasteiger partial charge in [0.1, 0.15) is 5.75 Å². The van der Waals surface area contributed by atoms with E-state index in [-0.39, 0.29) is 17.1 Å². The van der Waals surface area contributed by atoms with Crippen LogP contribution in [-0.2, 0) is 6.42 Å². The zero-order chi connectivity index (χ0) is 16.0. The summed E-state index contributed by atoms with van der Waals surface area (Å²) < 4.78 is 5.21. The molecule has 2 aromatic heterocycles. The molecule has 0 spiro atoms. The molecule has 1 aliphatic carbocycles. The number of thiazole rings is 1. The van der Waals surface area contributed by atoms with Crippen LogP contribution in [0.2, 0.25) is 0 Å². The van der Waals surface area contributed by atoms with Gasteiger partial charge in [0.15, 0.2) is 11.2 Å². The first kappa shape index (κ1) is 14.1. The van der Waals surface area contributed by atoms with Crippen LogP contribution in [0.1, 0.15) is 34.1 Å². The van der Waals surface area contributed by atoms with Crippen molar-refractivity contribution in [3.63, 3.8) is 0 Å². The summed E-state index contributed by atoms with van der Waals surface area (Å²) >= 11 is 1.52. The molecule has 2 heterocycles. The second-order valence-electron chi connectivity index (χ2n) is 5.66. The second-order valence-corrected chi connectivity index (χ2v) is 6.38. The summed E-state index contributed by atoms with van der Waals surface area (Å²) in [7, 11) is 1.58. The molecule has 6 heteroatoms. The zero-order valence-electron chi connectivity index (χ0n) is 12.5. The van der Waals surface area contributed by atoms with Gasteiger partial charge >= 0.3 is 0 Å². The number of aromatic amines is 1. The quantitative estimate of drug-likeness (QED) is 0.786. The lowest BCUT2D eigenvalue weighted by atomic mass is 9.83. The maximum absolute atomic E-state index is 12.7. The minimum absolute atomic E-state index is 0.0277. The van der Waals surface area contributed by atoms with Crippen molar-refractivity contribution < 1.29 is 9.53 Å². The van der Waals surface area contributed by atoms with Gasteiger partial charge in [-0.2, -0.15) is 0 Å². The number of ether oxygens (including phenoxy) is 1. The lowest BCUT2D eigenvalue weighted by Crippen LogP contribution is -2.27. The normalized spacial score (nSPS) is 17.3. The van der Waals surface area contributed by atoms with E-state index in [2.05, 4.69) is 9.97 Å². The van der Waals surface area contributed by atoms with E-state index in [1.807, 2.05) is 5.38 Å². The second kappa shape index (κ2) is 5.31. The van der Waals surface area contributed by atoms with Gasteiger partial charge in [0, 0.05) is 34.9 Å². The van der Waals surface area contributed by atoms with E-state index in [0.29, 0.717) is 40.8 Å². The van der Waals surface area contributed by atoms with Crippen LogP contribution < -0.4 is 10.2 Å². The van der Waals surface area contributed by atoms with Crippen LogP contribution in [0.3, 0.4) is 0 Å². The third kappa shape index (κ3) is 2.26. The molecule has 1 unspecified atom stereocenters. The van der Waals surface area contributed by atoms with Gasteiger partial charge in [-0.15, -0.1) is 11.3 Å². The van der Waals surface area contributed by atoms with Crippen LogP contribution in [0.25, 0.3) is 10.9 Å². The highest BCUT2D eigenvalue weighted by Gasteiger charge is 2.30. The van der Waals surface area contributed by atoms with Gasteiger partial charge in [-0.1, -0.05) is 0 Å². The number of hydrogen-bond acceptors (Lipinski definition) is 5. The van der Waals surface area contributed by atoms with Crippen LogP contribution >= 0.6 is 11.3 Å². The molecule has 5 nitrogen and oxygen atoms in total. The first-order valence-corrected chi connectivity index (χ1v) is 8.26. The van der Waals surface area contributed by atoms with Crippen molar-refractivity contribution in [1.82, 2.24) is 9.97 Å². The van der Waals surface area contributed by atoms with E-state index in [0.717, 1.165) is 5.69 Å². The van der Waals surface area contributed by atoms with E-state index < -0.39 is 0 Å². The summed E-state index contributed by atoms with van der Waals surface area (Å²) in [6.45, 7) is 0. The summed E-state index contributed by atoms with van der Waals surface area (Å²) in [5.74, 6) is 0.592. The number of rotatable bonds is 2. The highest BCUT2D eigenvalue weighted by molar-refractivity contribution is 7.07. The number of methoxy groups -OCH3 is 1. The van der Waals surface area contributed by atoms with Gasteiger partial charge in [-0.3, -0.25) is 9.59 Å². The summed E-state index contributed by atoms with van der Waals surface area (Å²) in [6, 6.07) is 5.22. The largest absolute Gasteiger partial charge is 0.497 e. The number of H-pyrrole nitrogens is 1. The number of Topliss-reactive ketones (excluding diaryl/α,β-unsaturated/α-hetero) is 1. The Balaban J connectivity index is 1.89. The van der Waals surface area contributed by atoms with Gasteiger partial charge in [0.05, 0.1) is 29.4 Å². The maximum Gasteiger partial charge on any atom is 0.200 e. The number of benzene rings is 1. The Kier molecular flexibility index (Phi) is 3.27. The molecule has 1 aromatic carbocycles. The SMILES string of the molecule is COc1ccc2c(=O)c3c([nH]c2c1)CC(c1cscn1)CC3=O. The molecule has 23 heavy (non-hydrogen) atoms. The lowest BCUT2D eigenvalue weighted by Gasteiger charge is -2.22. The van der Waals surface area contributed by atoms with Crippen LogP contribution in [-0.4, -0.2) is 22.9 Å². The van der Waals surface area contributed by atoms with Crippen molar-refractivity contribution in [2.45, 2.75) is 18.8 Å². The molecule has 0 fully saturated rings. The molecule has 3 aromatic rings. The van der Waals surface area contributed by atoms with Gasteiger partial charge in [0.25, 0.3) is 0 Å². The highest BCUT2D eigenvalue weighted by Crippen LogP contribution is 2.31. The fourth-order valence-corrected chi connectivity index (χ4v) is 3.81. The molecule has 116 valence electrons. The first-order valence-electron chi connectivity index (χ1n) is 7.31. The predicted molar refractivity (Wildman–Crippen MR) is 88.6 cm³/mol. The Morgan fingerprint density at radius 3 is 2.91 bits per heavy atom. The summed E-state index contributed by atoms with van der Waals surface area (Å²) in [5.41, 5.74) is 4.18. The summed E-state index contributed by atoms with van der Waals surface area (Å²) in [5, 5.41) is 2.48. The van der Waals surface area contributed by atoms with Gasteiger partial charge in [-0.25, -0.2) is 4.98 Å². The molecular weight excluding hydrogens is 312 g/mol. The third-order valence-electron chi connectivity index (χ3n) is 4.32. The van der Waals surface area contributed by atoms with Crippen LogP contribution in [0, 0.1) is 0 Å². The van der Waals surface area contributed by atoms with Crippen LogP contribution in [0.15, 0.2) is 33.9 Å². The molecule has 0 radical (unpaired) electrons. The molecule has 0 amide bonds. The minimum Gasteiger partial charge on any atom is -0.497 e. The zero-order valence-corrected chi connectivity index (χ0v) is 13.3. The minimum atomic E-state index is -0.196. The van der Waals surface area contributed by atoms with E-state index in [4.69, 9.17) is 4.74 Å². The molecule has 1 atom stereocenters. The van der Waals surface area contributed by atoms with Crippen molar-refractivity contribution in [3.8, 4) is 5.75 Å². The Bertz CT molecular complexity index is 960. The summed E-state index contributed by atoms with van der Waals surface area (Å²) in [4.78, 5) is 32.8. The van der Waals surface area contributed by atoms with Crippen molar-refractivity contribution in [2.75, 3.05) is 7.11 Å². The highest BCUT2D eigenvalue weighted by atomic mass is 32.1. The van der Waals surface area contributed by atoms with E-state index in [9.17, 15) is 9.59 Å². The van der Waals surface area contributed by atoms with E-state index in [1.54, 1.807) is 30.8 Å². The Morgan fingerprint density at radius 2 is 2.17 bits per heavy atom. The molecule has 0 bridgehead atoms. The van der Waals surface area contributed by atoms with Crippen LogP contribution in [0.4, 0.5) is 0 Å². The average molecular weight is 326 g/mol. The molecule has 1 aliphatic rings. The monoisotopic (exact) mass is 326 g/mol. The smallest absolute Gasteiger partial charge is 0.200 e. The number of fused-ring (bicyclic) bond motifs is 2. The number of ketones is 1. The van der Waals surface area contributed by atoms with Crippen molar-refractivity contribution in [3.05, 3.63) is 56.3 Å². The molecule has 0 saturated heterocycles. The van der Waals surface area contributed by atoms with Gasteiger partial charge < -0.3 is 9.72 Å². The molecular formula is C17H14N2O3S. The first-order chi connectivity index (χ1) is 11.2. The number of hydrogen-bond donors (Lipinski definition) is 1. The predicted octanol–water partition coefficient (Wildman–Crippen LogP) is 2.91. The topological polar surface area (TPSA) is 72.1 Å². The van der Waals surface area contributed by atoms with Crippen LogP contribution in [0.5, 0.6) is 5.75 Å². The lowest BCUT2D eigenvalue weighted by molar-refractivity contribution is 0.0961. The number of nitrogens with one attached hydrogen (secondary N) is 1. The Labute approximate surface area is 136 Å². The number of carbonyl (C=O) groups is 1. The van der Waals surface area contributed by atoms with Crippen molar-refractivity contribution in [2.24, 2.45) is 0 Å². The number of carbonyl (C=O) groups excluding carboxylic acids is 1. The number of nitrogens with zero attached hydrogens (tertiary/aromatic N) is 1. The number of pyridine rings is 1. The molecule has 0 aliphatic heterocycles. The van der Waals surface area contributed by atoms with Crippen molar-refractivity contribution >= 4 is 28.0 Å². The molecule has 0 saturated carbocycles. The Morgan fingerprint density at radius 1 is 1.30 bits per heavy atom. The maximum atomic E-state index is 12.7.